The molecule has 6 rings (SSSR count). The summed E-state index contributed by atoms with van der Waals surface area (Å²) >= 11 is 9.41. The Hall–Kier alpha value is -2.08. The van der Waals surface area contributed by atoms with Crippen LogP contribution in [0.15, 0.2) is 31.0 Å². The molecule has 1 saturated carbocycles. The fourth-order valence-corrected chi connectivity index (χ4v) is 8.07. The van der Waals surface area contributed by atoms with Crippen LogP contribution < -0.4 is 11.5 Å². The zero-order chi connectivity index (χ0) is 29.8. The van der Waals surface area contributed by atoms with Crippen LogP contribution in [-0.4, -0.2) is 78.5 Å². The quantitative estimate of drug-likeness (QED) is 0.197. The van der Waals surface area contributed by atoms with Crippen molar-refractivity contribution in [3.8, 4) is 0 Å². The van der Waals surface area contributed by atoms with Gasteiger partial charge in [0.05, 0.1) is 26.1 Å². The number of hydrogen-bond acceptors (Lipinski definition) is 14. The number of thiol groups is 1. The maximum Gasteiger partial charge on any atom is 0.386 e. The molecular weight excluding hydrogens is 632 g/mol. The van der Waals surface area contributed by atoms with Gasteiger partial charge in [0, 0.05) is 18.2 Å². The Bertz CT molecular complexity index is 1620. The lowest BCUT2D eigenvalue weighted by Gasteiger charge is -2.45. The van der Waals surface area contributed by atoms with Gasteiger partial charge >= 0.3 is 13.5 Å². The topological polar surface area (TPSA) is 229 Å². The molecular formula is C22H27N7O9P2S2. The van der Waals surface area contributed by atoms with E-state index in [1.165, 1.54) is 24.7 Å². The molecule has 42 heavy (non-hydrogen) atoms. The number of aromatic nitrogens is 5. The van der Waals surface area contributed by atoms with Gasteiger partial charge in [0.1, 0.15) is 42.0 Å². The fraction of sp³-hybridized carbons (Fsp3) is 0.500. The van der Waals surface area contributed by atoms with E-state index in [-0.39, 0.29) is 49.2 Å². The Morgan fingerprint density at radius 2 is 1.95 bits per heavy atom. The average Bonchev–Trinajstić information content (AvgIpc) is 3.48. The van der Waals surface area contributed by atoms with Gasteiger partial charge < -0.3 is 44.3 Å². The van der Waals surface area contributed by atoms with E-state index in [0.717, 1.165) is 0 Å². The van der Waals surface area contributed by atoms with Crippen molar-refractivity contribution in [2.24, 2.45) is 17.6 Å². The van der Waals surface area contributed by atoms with Crippen molar-refractivity contribution in [1.82, 2.24) is 24.5 Å². The third-order valence-corrected chi connectivity index (χ3v) is 10.8. The number of aliphatic hydroxyl groups is 1. The van der Waals surface area contributed by atoms with E-state index >= 15 is 0 Å². The Balaban J connectivity index is 1.27. The number of hydrogen-bond donors (Lipinski definition) is 5. The Kier molecular flexibility index (Phi) is 8.17. The second kappa shape index (κ2) is 11.4. The van der Waals surface area contributed by atoms with Crippen LogP contribution in [0.5, 0.6) is 0 Å². The van der Waals surface area contributed by atoms with Gasteiger partial charge in [-0.05, 0) is 41.8 Å². The van der Waals surface area contributed by atoms with Crippen LogP contribution in [0.25, 0.3) is 11.2 Å². The van der Waals surface area contributed by atoms with Crippen LogP contribution in [0, 0.1) is 11.8 Å². The minimum absolute atomic E-state index is 0.0311. The zero-order valence-electron chi connectivity index (χ0n) is 21.6. The molecule has 16 nitrogen and oxygen atoms in total. The van der Waals surface area contributed by atoms with Gasteiger partial charge in [-0.2, -0.15) is 0 Å². The number of nitrogens with two attached hydrogens (primary N) is 2. The highest BCUT2D eigenvalue weighted by Crippen LogP contribution is 2.59. The van der Waals surface area contributed by atoms with E-state index < -0.39 is 43.8 Å². The summed E-state index contributed by atoms with van der Waals surface area (Å²) in [5, 5.41) is 11.1. The van der Waals surface area contributed by atoms with Crippen LogP contribution in [0.3, 0.4) is 0 Å². The molecule has 0 radical (unpaired) electrons. The number of pyridine rings is 1. The van der Waals surface area contributed by atoms with Gasteiger partial charge in [-0.25, -0.2) is 19.5 Å². The summed E-state index contributed by atoms with van der Waals surface area (Å²) in [4.78, 5) is 39.0. The number of nitrogens with zero attached hydrogens (tertiary/aromatic N) is 5. The Labute approximate surface area is 249 Å². The monoisotopic (exact) mass is 659 g/mol. The first-order valence-corrected chi connectivity index (χ1v) is 18.0. The number of aliphatic hydroxyl groups excluding tert-OH is 1. The second-order valence-corrected chi connectivity index (χ2v) is 15.8. The second-order valence-electron chi connectivity index (χ2n) is 10.1. The maximum absolute atomic E-state index is 13.4. The average molecular weight is 660 g/mol. The minimum Gasteiger partial charge on any atom is -0.387 e. The molecule has 3 aromatic rings. The Morgan fingerprint density at radius 3 is 2.74 bits per heavy atom. The van der Waals surface area contributed by atoms with E-state index in [1.807, 2.05) is 4.57 Å². The molecule has 2 bridgehead atoms. The van der Waals surface area contributed by atoms with Crippen molar-refractivity contribution in [2.45, 2.75) is 36.9 Å². The van der Waals surface area contributed by atoms with Crippen molar-refractivity contribution in [1.29, 1.82) is 0 Å². The van der Waals surface area contributed by atoms with Crippen LogP contribution in [0.2, 0.25) is 0 Å². The summed E-state index contributed by atoms with van der Waals surface area (Å²) < 4.78 is 43.9. The molecule has 2 saturated heterocycles. The molecule has 3 fully saturated rings. The van der Waals surface area contributed by atoms with E-state index in [1.54, 1.807) is 6.33 Å². The Morgan fingerprint density at radius 1 is 1.17 bits per heavy atom. The van der Waals surface area contributed by atoms with Crippen molar-refractivity contribution in [3.05, 3.63) is 42.2 Å². The van der Waals surface area contributed by atoms with Gasteiger partial charge in [-0.1, -0.05) is 12.2 Å². The highest BCUT2D eigenvalue weighted by Gasteiger charge is 2.50. The molecule has 3 unspecified atom stereocenters. The predicted octanol–water partition coefficient (Wildman–Crippen LogP) is 1.28. The summed E-state index contributed by atoms with van der Waals surface area (Å²) in [5.74, 6) is -1.05. The van der Waals surface area contributed by atoms with E-state index in [0.29, 0.717) is 23.1 Å². The first kappa shape index (κ1) is 30.0. The standard InChI is InChI=1S/C22H27N7O9P2S2/c23-20-16-22(27-8-26-20)29(9-28-16)14-4-11-5-34-40(33,42)38-19-17(30)15(7-36-39(32,41)35-6-12(11)14)37-18(19)10-1-2-25-13(3-10)21(24)31/h1-3,8-9,11-12,14-15,17-19,30H,4-7H2,(H2,24,31)(H,32,41)(H,33,42)(H2,23,26,27)/t11-,12?,14-,15-,17-,18+,19-,39?,40?/m1/s1. The predicted molar refractivity (Wildman–Crippen MR) is 153 cm³/mol. The number of primary amides is 1. The molecule has 3 aliphatic rings. The lowest BCUT2D eigenvalue weighted by molar-refractivity contribution is -0.0268. The van der Waals surface area contributed by atoms with Crippen molar-refractivity contribution in [3.63, 3.8) is 0 Å². The minimum atomic E-state index is -4.07. The molecule has 2 aliphatic heterocycles. The first-order chi connectivity index (χ1) is 19.9. The number of nitrogen functional groups attached to an aromatic ring is 1. The number of rotatable bonds is 3. The lowest BCUT2D eigenvalue weighted by atomic mass is 9.70. The number of ether oxygens (including phenoxy) is 1. The number of carbonyl (C=O) groups excluding carboxylic acids is 1. The van der Waals surface area contributed by atoms with Crippen molar-refractivity contribution in [2.75, 3.05) is 25.6 Å². The SMILES string of the molecule is NC(=O)c1cc([C@@H]2O[C@@H]3COP(O)(=S)OCC4[C@@H](COP(=O)(S)O[C@@H]2[C@@H]3O)C[C@H]4n2cnc3c(N)ncnc32)ccn1. The van der Waals surface area contributed by atoms with E-state index in [2.05, 4.69) is 32.2 Å². The van der Waals surface area contributed by atoms with Crippen LogP contribution in [-0.2, 0) is 39.2 Å². The van der Waals surface area contributed by atoms with Gasteiger partial charge in [0.2, 0.25) is 0 Å². The molecule has 1 amide bonds. The van der Waals surface area contributed by atoms with Crippen LogP contribution in [0.4, 0.5) is 5.82 Å². The summed E-state index contributed by atoms with van der Waals surface area (Å²) in [6.45, 7) is -8.33. The highest BCUT2D eigenvalue weighted by molar-refractivity contribution is 8.44. The molecule has 0 aromatic carbocycles. The summed E-state index contributed by atoms with van der Waals surface area (Å²) in [7, 11) is 0. The van der Waals surface area contributed by atoms with Crippen molar-refractivity contribution >= 4 is 60.5 Å². The number of anilines is 1. The lowest BCUT2D eigenvalue weighted by Crippen LogP contribution is -2.43. The highest BCUT2D eigenvalue weighted by atomic mass is 32.7. The molecule has 5 heterocycles. The molecule has 3 aromatic heterocycles. The van der Waals surface area contributed by atoms with E-state index in [4.69, 9.17) is 46.1 Å². The molecule has 20 heteroatoms. The van der Waals surface area contributed by atoms with Gasteiger partial charge in [0.25, 0.3) is 5.91 Å². The first-order valence-electron chi connectivity index (χ1n) is 12.7. The molecule has 9 atom stereocenters. The maximum atomic E-state index is 13.4. The fourth-order valence-electron chi connectivity index (χ4n) is 5.43. The normalized spacial score (nSPS) is 37.5. The summed E-state index contributed by atoms with van der Waals surface area (Å²) in [6, 6.07) is 2.70. The molecule has 226 valence electrons. The summed E-state index contributed by atoms with van der Waals surface area (Å²) in [5.41, 5.74) is 12.6. The summed E-state index contributed by atoms with van der Waals surface area (Å²) in [6.07, 6.45) is -0.00124. The largest absolute Gasteiger partial charge is 0.387 e. The number of carbonyl (C=O) groups is 1. The van der Waals surface area contributed by atoms with Crippen molar-refractivity contribution < 1.29 is 42.2 Å². The molecule has 6 N–H and O–H groups in total. The third-order valence-electron chi connectivity index (χ3n) is 7.63. The van der Waals surface area contributed by atoms with Crippen LogP contribution in [0.1, 0.15) is 34.6 Å². The zero-order valence-corrected chi connectivity index (χ0v) is 25.1. The smallest absolute Gasteiger partial charge is 0.386 e. The van der Waals surface area contributed by atoms with E-state index in [9.17, 15) is 19.4 Å². The number of fused-ring (bicyclic) bond motifs is 4. The van der Waals surface area contributed by atoms with Crippen LogP contribution >= 0.6 is 25.8 Å². The van der Waals surface area contributed by atoms with Gasteiger partial charge in [-0.15, -0.1) is 0 Å². The molecule has 1 aliphatic carbocycles. The number of amides is 1. The van der Waals surface area contributed by atoms with Gasteiger partial charge in [0.15, 0.2) is 11.5 Å². The molecule has 0 spiro atoms. The third kappa shape index (κ3) is 5.86. The van der Waals surface area contributed by atoms with Gasteiger partial charge in [-0.3, -0.25) is 14.3 Å². The number of imidazole rings is 1.